The van der Waals surface area contributed by atoms with Crippen LogP contribution in [0.5, 0.6) is 0 Å². The first-order valence-corrected chi connectivity index (χ1v) is 6.85. The molecule has 2 aliphatic heterocycles. The Balaban J connectivity index is 1.44. The van der Waals surface area contributed by atoms with Gasteiger partial charge in [0, 0.05) is 58.3 Å². The maximum Gasteiger partial charge on any atom is 0.0628 e. The van der Waals surface area contributed by atoms with E-state index >= 15 is 0 Å². The molecule has 0 radical (unpaired) electrons. The molecule has 3 aliphatic rings. The summed E-state index contributed by atoms with van der Waals surface area (Å²) in [4.78, 5) is 5.20. The summed E-state index contributed by atoms with van der Waals surface area (Å²) in [7, 11) is 0. The Labute approximate surface area is 104 Å². The Morgan fingerprint density at radius 1 is 1.18 bits per heavy atom. The highest BCUT2D eigenvalue weighted by atomic mass is 15.3. The molecule has 0 aromatic carbocycles. The minimum Gasteiger partial charge on any atom is -0.314 e. The lowest BCUT2D eigenvalue weighted by atomic mass is 10.0. The highest BCUT2D eigenvalue weighted by Gasteiger charge is 2.44. The second-order valence-electron chi connectivity index (χ2n) is 5.96. The van der Waals surface area contributed by atoms with Crippen LogP contribution < -0.4 is 5.32 Å². The van der Waals surface area contributed by atoms with Crippen LogP contribution in [0.3, 0.4) is 0 Å². The van der Waals surface area contributed by atoms with E-state index in [0.717, 1.165) is 19.0 Å². The van der Waals surface area contributed by atoms with Gasteiger partial charge in [0.25, 0.3) is 0 Å². The van der Waals surface area contributed by atoms with Crippen molar-refractivity contribution in [2.75, 3.05) is 45.8 Å². The summed E-state index contributed by atoms with van der Waals surface area (Å²) >= 11 is 0. The summed E-state index contributed by atoms with van der Waals surface area (Å²) in [5.41, 5.74) is 0.384. The summed E-state index contributed by atoms with van der Waals surface area (Å²) in [5.74, 6) is 0. The lowest BCUT2D eigenvalue weighted by Gasteiger charge is -2.43. The lowest BCUT2D eigenvalue weighted by molar-refractivity contribution is 0.0633. The zero-order chi connectivity index (χ0) is 11.7. The summed E-state index contributed by atoms with van der Waals surface area (Å²) < 4.78 is 0. The van der Waals surface area contributed by atoms with Crippen LogP contribution in [-0.2, 0) is 0 Å². The molecule has 94 valence electrons. The average molecular weight is 234 g/mol. The fourth-order valence-electron chi connectivity index (χ4n) is 3.03. The molecule has 1 N–H and O–H groups in total. The van der Waals surface area contributed by atoms with Crippen molar-refractivity contribution in [3.05, 3.63) is 0 Å². The number of nitriles is 1. The van der Waals surface area contributed by atoms with Gasteiger partial charge in [-0.25, -0.2) is 0 Å². The molecule has 0 amide bonds. The summed E-state index contributed by atoms with van der Waals surface area (Å²) in [6.45, 7) is 8.35. The van der Waals surface area contributed by atoms with Crippen molar-refractivity contribution < 1.29 is 0 Å². The monoisotopic (exact) mass is 234 g/mol. The Bertz CT molecular complexity index is 306. The first-order chi connectivity index (χ1) is 8.31. The highest BCUT2D eigenvalue weighted by molar-refractivity contribution is 5.01. The van der Waals surface area contributed by atoms with Crippen LogP contribution >= 0.6 is 0 Å². The molecule has 1 aliphatic carbocycles. The molecule has 0 spiro atoms. The largest absolute Gasteiger partial charge is 0.314 e. The zero-order valence-corrected chi connectivity index (χ0v) is 10.5. The topological polar surface area (TPSA) is 42.3 Å². The van der Waals surface area contributed by atoms with Gasteiger partial charge >= 0.3 is 0 Å². The molecule has 17 heavy (non-hydrogen) atoms. The smallest absolute Gasteiger partial charge is 0.0628 e. The first-order valence-electron chi connectivity index (χ1n) is 6.85. The second kappa shape index (κ2) is 4.56. The van der Waals surface area contributed by atoms with E-state index in [2.05, 4.69) is 21.2 Å². The third-order valence-corrected chi connectivity index (χ3v) is 4.65. The van der Waals surface area contributed by atoms with Gasteiger partial charge in [-0.05, 0) is 18.3 Å². The van der Waals surface area contributed by atoms with Crippen molar-refractivity contribution in [1.82, 2.24) is 15.1 Å². The molecule has 3 fully saturated rings. The van der Waals surface area contributed by atoms with Crippen molar-refractivity contribution in [2.45, 2.75) is 25.3 Å². The predicted molar refractivity (Wildman–Crippen MR) is 66.6 cm³/mol. The minimum atomic E-state index is 0.384. The SMILES string of the molecule is N#CCC1(CN2CCN(C3CNC3)CC2)CC1. The molecule has 4 heteroatoms. The van der Waals surface area contributed by atoms with Crippen molar-refractivity contribution in [3.8, 4) is 6.07 Å². The average Bonchev–Trinajstić information content (AvgIpc) is 2.99. The number of nitrogens with one attached hydrogen (secondary N) is 1. The van der Waals surface area contributed by atoms with Crippen LogP contribution in [0.25, 0.3) is 0 Å². The summed E-state index contributed by atoms with van der Waals surface area (Å²) in [5, 5.41) is 12.2. The van der Waals surface area contributed by atoms with E-state index in [0.29, 0.717) is 5.41 Å². The maximum atomic E-state index is 8.84. The molecule has 0 atom stereocenters. The van der Waals surface area contributed by atoms with Gasteiger partial charge in [-0.3, -0.25) is 4.90 Å². The standard InChI is InChI=1S/C13H22N4/c14-4-3-13(1-2-13)11-16-5-7-17(8-6-16)12-9-15-10-12/h12,15H,1-3,5-11H2. The quantitative estimate of drug-likeness (QED) is 0.758. The number of hydrogen-bond acceptors (Lipinski definition) is 4. The molecule has 3 rings (SSSR count). The van der Waals surface area contributed by atoms with Gasteiger partial charge in [-0.1, -0.05) is 0 Å². The molecule has 1 saturated carbocycles. The van der Waals surface area contributed by atoms with Crippen molar-refractivity contribution in [3.63, 3.8) is 0 Å². The van der Waals surface area contributed by atoms with Gasteiger partial charge in [0.15, 0.2) is 0 Å². The van der Waals surface area contributed by atoms with Crippen molar-refractivity contribution >= 4 is 0 Å². The molecule has 0 unspecified atom stereocenters. The number of rotatable bonds is 4. The molecular formula is C13H22N4. The minimum absolute atomic E-state index is 0.384. The van der Waals surface area contributed by atoms with E-state index < -0.39 is 0 Å². The van der Waals surface area contributed by atoms with Gasteiger partial charge in [0.05, 0.1) is 6.07 Å². The lowest BCUT2D eigenvalue weighted by Crippen LogP contribution is -2.61. The van der Waals surface area contributed by atoms with E-state index in [1.807, 2.05) is 0 Å². The Hall–Kier alpha value is -0.630. The van der Waals surface area contributed by atoms with Gasteiger partial charge in [0.2, 0.25) is 0 Å². The molecule has 0 bridgehead atoms. The highest BCUT2D eigenvalue weighted by Crippen LogP contribution is 2.49. The Morgan fingerprint density at radius 3 is 2.35 bits per heavy atom. The van der Waals surface area contributed by atoms with Crippen LogP contribution in [0.15, 0.2) is 0 Å². The van der Waals surface area contributed by atoms with E-state index in [4.69, 9.17) is 5.26 Å². The van der Waals surface area contributed by atoms with Crippen LogP contribution in [0.4, 0.5) is 0 Å². The third kappa shape index (κ3) is 2.47. The van der Waals surface area contributed by atoms with Crippen LogP contribution in [0.2, 0.25) is 0 Å². The third-order valence-electron chi connectivity index (χ3n) is 4.65. The van der Waals surface area contributed by atoms with Gasteiger partial charge in [-0.2, -0.15) is 5.26 Å². The molecule has 4 nitrogen and oxygen atoms in total. The number of piperazine rings is 1. The second-order valence-corrected chi connectivity index (χ2v) is 5.96. The summed E-state index contributed by atoms with van der Waals surface area (Å²) in [6, 6.07) is 3.16. The molecular weight excluding hydrogens is 212 g/mol. The van der Waals surface area contributed by atoms with E-state index in [1.165, 1.54) is 52.1 Å². The fourth-order valence-corrected chi connectivity index (χ4v) is 3.03. The Morgan fingerprint density at radius 2 is 1.88 bits per heavy atom. The molecule has 0 aromatic rings. The van der Waals surface area contributed by atoms with Crippen LogP contribution in [0.1, 0.15) is 19.3 Å². The number of hydrogen-bond donors (Lipinski definition) is 1. The predicted octanol–water partition coefficient (Wildman–Crippen LogP) is 0.270. The first kappa shape index (κ1) is 11.5. The van der Waals surface area contributed by atoms with E-state index in [9.17, 15) is 0 Å². The molecule has 2 saturated heterocycles. The van der Waals surface area contributed by atoms with Crippen molar-refractivity contribution in [1.29, 1.82) is 5.26 Å². The normalized spacial score (nSPS) is 29.6. The van der Waals surface area contributed by atoms with E-state index in [-0.39, 0.29) is 0 Å². The van der Waals surface area contributed by atoms with Crippen LogP contribution in [0, 0.1) is 16.7 Å². The summed E-state index contributed by atoms with van der Waals surface area (Å²) in [6.07, 6.45) is 3.31. The zero-order valence-electron chi connectivity index (χ0n) is 10.5. The van der Waals surface area contributed by atoms with Gasteiger partial charge in [-0.15, -0.1) is 0 Å². The molecule has 2 heterocycles. The number of nitrogens with zero attached hydrogens (tertiary/aromatic N) is 3. The van der Waals surface area contributed by atoms with Crippen molar-refractivity contribution in [2.24, 2.45) is 5.41 Å². The van der Waals surface area contributed by atoms with Crippen LogP contribution in [-0.4, -0.2) is 61.7 Å². The fraction of sp³-hybridized carbons (Fsp3) is 0.923. The Kier molecular flexibility index (Phi) is 3.08. The van der Waals surface area contributed by atoms with Gasteiger partial charge in [0.1, 0.15) is 0 Å². The maximum absolute atomic E-state index is 8.84. The molecule has 0 aromatic heterocycles. The van der Waals surface area contributed by atoms with Gasteiger partial charge < -0.3 is 10.2 Å². The van der Waals surface area contributed by atoms with E-state index in [1.54, 1.807) is 0 Å².